The Morgan fingerprint density at radius 3 is 1.71 bits per heavy atom. The molecule has 0 bridgehead atoms. The Labute approximate surface area is 109 Å². The molecule has 0 amide bonds. The molecule has 1 saturated heterocycles. The fourth-order valence-corrected chi connectivity index (χ4v) is 6.79. The molecule has 0 aromatic heterocycles. The largest absolute Gasteiger partial charge is 0.322 e. The summed E-state index contributed by atoms with van der Waals surface area (Å²) in [5, 5.41) is 0. The van der Waals surface area contributed by atoms with Gasteiger partial charge in [0, 0.05) is 18.1 Å². The molecule has 0 aliphatic carbocycles. The predicted molar refractivity (Wildman–Crippen MR) is 80.0 cm³/mol. The van der Waals surface area contributed by atoms with Crippen molar-refractivity contribution in [3.63, 3.8) is 0 Å². The predicted octanol–water partition coefficient (Wildman–Crippen LogP) is 3.26. The van der Waals surface area contributed by atoms with Gasteiger partial charge in [0.05, 0.1) is 0 Å². The average molecular weight is 257 g/mol. The van der Waals surface area contributed by atoms with Gasteiger partial charge in [0.2, 0.25) is 0 Å². The second-order valence-corrected chi connectivity index (χ2v) is 11.7. The summed E-state index contributed by atoms with van der Waals surface area (Å²) < 4.78 is 2.71. The Morgan fingerprint density at radius 1 is 0.765 bits per heavy atom. The van der Waals surface area contributed by atoms with Crippen LogP contribution < -0.4 is 0 Å². The van der Waals surface area contributed by atoms with Gasteiger partial charge in [-0.3, -0.25) is 4.90 Å². The number of nitrogens with zero attached hydrogens (tertiary/aromatic N) is 2. The van der Waals surface area contributed by atoms with E-state index in [9.17, 15) is 0 Å². The Balaban J connectivity index is 3.12. The summed E-state index contributed by atoms with van der Waals surface area (Å²) in [7, 11) is 3.33. The molecule has 0 aromatic rings. The van der Waals surface area contributed by atoms with Crippen LogP contribution in [-0.2, 0) is 0 Å². The van der Waals surface area contributed by atoms with Crippen molar-refractivity contribution < 1.29 is 0 Å². The highest BCUT2D eigenvalue weighted by Crippen LogP contribution is 2.38. The smallest absolute Gasteiger partial charge is 0.125 e. The molecular weight excluding hydrogens is 224 g/mol. The van der Waals surface area contributed by atoms with Gasteiger partial charge in [0.15, 0.2) is 0 Å². The molecule has 0 N–H and O–H groups in total. The normalized spacial score (nSPS) is 45.4. The topological polar surface area (TPSA) is 6.48 Å². The second-order valence-electron chi connectivity index (χ2n) is 6.80. The molecule has 2 nitrogen and oxygen atoms in total. The number of hydrogen-bond donors (Lipinski definition) is 0. The van der Waals surface area contributed by atoms with Crippen molar-refractivity contribution >= 4 is 8.24 Å². The molecule has 1 heterocycles. The third kappa shape index (κ3) is 2.47. The van der Waals surface area contributed by atoms with Gasteiger partial charge in [-0.15, -0.1) is 0 Å². The first-order valence-corrected chi connectivity index (χ1v) is 10.1. The van der Waals surface area contributed by atoms with Crippen molar-refractivity contribution in [3.8, 4) is 0 Å². The molecule has 3 heteroatoms. The zero-order valence-electron chi connectivity index (χ0n) is 13.3. The van der Waals surface area contributed by atoms with Crippen LogP contribution in [0.2, 0.25) is 18.6 Å². The molecule has 17 heavy (non-hydrogen) atoms. The number of hydrogen-bond acceptors (Lipinski definition) is 2. The standard InChI is InChI=1S/C14H32N2Si/c1-10-11(2)15(6)12(3)13(4)16(7)17(8,9)14(10)5/h10-14H,1-9H3. The molecule has 5 unspecified atom stereocenters. The van der Waals surface area contributed by atoms with Crippen molar-refractivity contribution in [2.75, 3.05) is 14.1 Å². The third-order valence-corrected chi connectivity index (χ3v) is 11.1. The molecule has 1 rings (SSSR count). The molecule has 0 radical (unpaired) electrons. The van der Waals surface area contributed by atoms with E-state index in [1.165, 1.54) is 0 Å². The van der Waals surface area contributed by atoms with Gasteiger partial charge in [0.1, 0.15) is 8.24 Å². The van der Waals surface area contributed by atoms with Gasteiger partial charge in [0.25, 0.3) is 0 Å². The van der Waals surface area contributed by atoms with Crippen LogP contribution in [0, 0.1) is 5.92 Å². The maximum atomic E-state index is 2.71. The van der Waals surface area contributed by atoms with Gasteiger partial charge in [-0.05, 0) is 46.3 Å². The van der Waals surface area contributed by atoms with Gasteiger partial charge in [-0.25, -0.2) is 0 Å². The van der Waals surface area contributed by atoms with E-state index in [-0.39, 0.29) is 0 Å². The summed E-state index contributed by atoms with van der Waals surface area (Å²) in [5.41, 5.74) is 0.833. The summed E-state index contributed by atoms with van der Waals surface area (Å²) in [5.74, 6) is 0.777. The lowest BCUT2D eigenvalue weighted by molar-refractivity contribution is 0.0908. The Bertz CT molecular complexity index is 243. The highest BCUT2D eigenvalue weighted by molar-refractivity contribution is 6.76. The molecule has 102 valence electrons. The van der Waals surface area contributed by atoms with Gasteiger partial charge in [-0.2, -0.15) is 0 Å². The molecule has 0 spiro atoms. The summed E-state index contributed by atoms with van der Waals surface area (Å²) >= 11 is 0. The highest BCUT2D eigenvalue weighted by Gasteiger charge is 2.44. The molecule has 1 aliphatic rings. The minimum absolute atomic E-state index is 0.636. The lowest BCUT2D eigenvalue weighted by Crippen LogP contribution is -2.64. The van der Waals surface area contributed by atoms with Crippen LogP contribution in [0.4, 0.5) is 0 Å². The molecule has 0 aromatic carbocycles. The van der Waals surface area contributed by atoms with E-state index in [0.717, 1.165) is 11.5 Å². The fraction of sp³-hybridized carbons (Fsp3) is 1.00. The van der Waals surface area contributed by atoms with Crippen molar-refractivity contribution in [2.45, 2.75) is 71.4 Å². The van der Waals surface area contributed by atoms with Crippen LogP contribution in [0.3, 0.4) is 0 Å². The first-order valence-electron chi connectivity index (χ1n) is 7.07. The molecule has 0 saturated carbocycles. The first kappa shape index (κ1) is 15.2. The van der Waals surface area contributed by atoms with Crippen LogP contribution in [-0.4, -0.2) is 49.9 Å². The van der Waals surface area contributed by atoms with Crippen LogP contribution in [0.5, 0.6) is 0 Å². The van der Waals surface area contributed by atoms with Crippen molar-refractivity contribution in [1.29, 1.82) is 0 Å². The zero-order chi connectivity index (χ0) is 13.5. The molecule has 1 fully saturated rings. The maximum Gasteiger partial charge on any atom is 0.125 e. The summed E-state index contributed by atoms with van der Waals surface area (Å²) in [6.45, 7) is 17.2. The van der Waals surface area contributed by atoms with E-state index >= 15 is 0 Å². The van der Waals surface area contributed by atoms with Crippen LogP contribution in [0.15, 0.2) is 0 Å². The summed E-state index contributed by atoms with van der Waals surface area (Å²) in [6, 6.07) is 1.97. The Morgan fingerprint density at radius 2 is 1.24 bits per heavy atom. The van der Waals surface area contributed by atoms with E-state index < -0.39 is 8.24 Å². The molecule has 1 aliphatic heterocycles. The molecule has 5 atom stereocenters. The zero-order valence-corrected chi connectivity index (χ0v) is 14.3. The van der Waals surface area contributed by atoms with E-state index in [2.05, 4.69) is 71.3 Å². The molecular formula is C14H32N2Si. The van der Waals surface area contributed by atoms with E-state index in [1.807, 2.05) is 0 Å². The van der Waals surface area contributed by atoms with Crippen molar-refractivity contribution in [2.24, 2.45) is 5.92 Å². The monoisotopic (exact) mass is 256 g/mol. The quantitative estimate of drug-likeness (QED) is 0.614. The first-order chi connectivity index (χ1) is 7.62. The lowest BCUT2D eigenvalue weighted by atomic mass is 9.96. The second kappa shape index (κ2) is 5.02. The third-order valence-electron chi connectivity index (χ3n) is 6.17. The lowest BCUT2D eigenvalue weighted by Gasteiger charge is -2.53. The van der Waals surface area contributed by atoms with Gasteiger partial charge in [-0.1, -0.05) is 26.9 Å². The van der Waals surface area contributed by atoms with Gasteiger partial charge >= 0.3 is 0 Å². The minimum atomic E-state index is -1.31. The van der Waals surface area contributed by atoms with Crippen LogP contribution in [0.1, 0.15) is 34.6 Å². The minimum Gasteiger partial charge on any atom is -0.322 e. The number of rotatable bonds is 0. The van der Waals surface area contributed by atoms with E-state index in [0.29, 0.717) is 18.1 Å². The maximum absolute atomic E-state index is 2.71. The van der Waals surface area contributed by atoms with E-state index in [4.69, 9.17) is 0 Å². The Hall–Kier alpha value is 0.137. The highest BCUT2D eigenvalue weighted by atomic mass is 28.3. The van der Waals surface area contributed by atoms with Crippen LogP contribution >= 0.6 is 0 Å². The van der Waals surface area contributed by atoms with E-state index in [1.54, 1.807) is 0 Å². The van der Waals surface area contributed by atoms with Gasteiger partial charge < -0.3 is 4.57 Å². The summed E-state index contributed by atoms with van der Waals surface area (Å²) in [4.78, 5) is 2.58. The average Bonchev–Trinajstić information content (AvgIpc) is 2.31. The summed E-state index contributed by atoms with van der Waals surface area (Å²) in [6.07, 6.45) is 0. The Kier molecular flexibility index (Phi) is 4.49. The SMILES string of the molecule is CC1C(C)N(C)C(C)C(C)N(C)[Si](C)(C)C1C. The van der Waals surface area contributed by atoms with Crippen molar-refractivity contribution in [3.05, 3.63) is 0 Å². The van der Waals surface area contributed by atoms with Crippen molar-refractivity contribution in [1.82, 2.24) is 9.47 Å². The number of likely N-dealkylation sites (N-methyl/N-ethyl adjacent to an activating group) is 2. The van der Waals surface area contributed by atoms with Crippen LogP contribution in [0.25, 0.3) is 0 Å². The fourth-order valence-electron chi connectivity index (χ4n) is 3.31.